The standard InChI is InChI=1S/C12H8N2.C7H3F4O.Cu/c1-3-9-5-6-10-4-2-8-14-12(10)11(9)13-7-1;1-12-7-5(10)3(8)2-4(9)6(7)11;/h1-8H;1H3;. The van der Waals surface area contributed by atoms with Crippen LogP contribution >= 0.6 is 0 Å². The summed E-state index contributed by atoms with van der Waals surface area (Å²) in [5.41, 5.74) is 1.95. The minimum Gasteiger partial charge on any atom is -0.254 e. The first-order valence-electron chi connectivity index (χ1n) is 7.55. The van der Waals surface area contributed by atoms with Gasteiger partial charge < -0.3 is 0 Å². The van der Waals surface area contributed by atoms with Crippen LogP contribution in [-0.4, -0.2) is 17.1 Å². The van der Waals surface area contributed by atoms with Gasteiger partial charge in [-0.2, -0.15) is 0 Å². The number of methoxy groups -OCH3 is 1. The molecule has 0 aliphatic carbocycles. The molecule has 0 atom stereocenters. The molecule has 0 saturated carbocycles. The van der Waals surface area contributed by atoms with Gasteiger partial charge in [-0.1, -0.05) is 24.3 Å². The molecule has 2 aromatic carbocycles. The molecule has 0 fully saturated rings. The van der Waals surface area contributed by atoms with Crippen LogP contribution in [0.3, 0.4) is 0 Å². The normalized spacial score (nSPS) is 10.6. The summed E-state index contributed by atoms with van der Waals surface area (Å²) >= 11 is 4.25. The number of nitrogens with zero attached hydrogens (tertiary/aromatic N) is 2. The van der Waals surface area contributed by atoms with E-state index in [1.165, 1.54) is 0 Å². The van der Waals surface area contributed by atoms with E-state index in [1.807, 2.05) is 12.1 Å². The monoisotopic (exact) mass is 422 g/mol. The summed E-state index contributed by atoms with van der Waals surface area (Å²) in [6.45, 7) is 0. The van der Waals surface area contributed by atoms with E-state index in [9.17, 15) is 17.6 Å². The second-order valence-corrected chi connectivity index (χ2v) is 5.75. The summed E-state index contributed by atoms with van der Waals surface area (Å²) in [4.78, 5) is 8.69. The fraction of sp³-hybridized carbons (Fsp3) is 0.0526. The third-order valence-corrected chi connectivity index (χ3v) is 4.10. The topological polar surface area (TPSA) is 35.0 Å². The van der Waals surface area contributed by atoms with E-state index < -0.39 is 33.5 Å². The Hall–Kier alpha value is -2.70. The molecule has 0 aliphatic rings. The fourth-order valence-corrected chi connectivity index (χ4v) is 2.63. The molecular weight excluding hydrogens is 412 g/mol. The molecule has 2 aromatic heterocycles. The molecule has 0 radical (unpaired) electrons. The molecule has 2 heterocycles. The van der Waals surface area contributed by atoms with Gasteiger partial charge in [-0.3, -0.25) is 9.97 Å². The first kappa shape index (κ1) is 19.1. The summed E-state index contributed by atoms with van der Waals surface area (Å²) in [6, 6.07) is 12.1. The number of rotatable bonds is 1. The fourth-order valence-electron chi connectivity index (χ4n) is 2.43. The zero-order chi connectivity index (χ0) is 19.6. The van der Waals surface area contributed by atoms with Crippen molar-refractivity contribution >= 4 is 26.3 Å². The van der Waals surface area contributed by atoms with Gasteiger partial charge in [-0.15, -0.1) is 0 Å². The Morgan fingerprint density at radius 3 is 1.59 bits per heavy atom. The van der Waals surface area contributed by atoms with Crippen molar-refractivity contribution in [2.45, 2.75) is 0 Å². The van der Waals surface area contributed by atoms with E-state index in [4.69, 9.17) is 0 Å². The molecule has 3 nitrogen and oxygen atoms in total. The average molecular weight is 423 g/mol. The van der Waals surface area contributed by atoms with Crippen LogP contribution in [0.15, 0.2) is 48.8 Å². The van der Waals surface area contributed by atoms with E-state index in [1.54, 1.807) is 12.4 Å². The summed E-state index contributed by atoms with van der Waals surface area (Å²) in [7, 11) is 0.891. The molecule has 0 spiro atoms. The molecule has 4 aromatic rings. The van der Waals surface area contributed by atoms with Gasteiger partial charge in [0, 0.05) is 23.2 Å². The van der Waals surface area contributed by atoms with Gasteiger partial charge in [0.25, 0.3) is 0 Å². The zero-order valence-corrected chi connectivity index (χ0v) is 14.7. The van der Waals surface area contributed by atoms with Gasteiger partial charge in [0.2, 0.25) is 0 Å². The van der Waals surface area contributed by atoms with Gasteiger partial charge in [-0.25, -0.2) is 0 Å². The average Bonchev–Trinajstić information content (AvgIpc) is 2.72. The van der Waals surface area contributed by atoms with E-state index >= 15 is 0 Å². The number of hydrogen-bond acceptors (Lipinski definition) is 3. The number of halogens is 4. The molecule has 0 N–H and O–H groups in total. The Morgan fingerprint density at radius 2 is 1.19 bits per heavy atom. The van der Waals surface area contributed by atoms with Gasteiger partial charge in [0.15, 0.2) is 0 Å². The van der Waals surface area contributed by atoms with Crippen LogP contribution in [0, 0.1) is 23.3 Å². The maximum Gasteiger partial charge on any atom is 0.0964 e. The smallest absolute Gasteiger partial charge is 0.0964 e. The maximum atomic E-state index is 12.7. The molecule has 142 valence electrons. The molecule has 0 saturated heterocycles. The third-order valence-electron chi connectivity index (χ3n) is 3.68. The van der Waals surface area contributed by atoms with Gasteiger partial charge in [0.05, 0.1) is 11.0 Å². The maximum absolute atomic E-state index is 12.7. The Morgan fingerprint density at radius 1 is 0.741 bits per heavy atom. The van der Waals surface area contributed by atoms with E-state index in [2.05, 4.69) is 55.0 Å². The first-order chi connectivity index (χ1) is 13.0. The quantitative estimate of drug-likeness (QED) is 0.199. The van der Waals surface area contributed by atoms with Crippen LogP contribution in [0.2, 0.25) is 0 Å². The number of benzene rings is 2. The van der Waals surface area contributed by atoms with Crippen molar-refractivity contribution < 1.29 is 38.3 Å². The Bertz CT molecular complexity index is 1050. The van der Waals surface area contributed by atoms with Crippen molar-refractivity contribution in [1.82, 2.24) is 9.97 Å². The predicted octanol–water partition coefficient (Wildman–Crippen LogP) is 4.21. The van der Waals surface area contributed by atoms with Gasteiger partial charge in [-0.05, 0) is 12.1 Å². The Balaban J connectivity index is 0.000000157. The summed E-state index contributed by atoms with van der Waals surface area (Å²) in [5.74, 6) is -7.62. The van der Waals surface area contributed by atoms with Crippen LogP contribution < -0.4 is 9.20 Å². The van der Waals surface area contributed by atoms with Crippen LogP contribution in [-0.2, 0) is 16.0 Å². The van der Waals surface area contributed by atoms with Crippen LogP contribution in [0.25, 0.3) is 21.8 Å². The van der Waals surface area contributed by atoms with Crippen molar-refractivity contribution in [3.8, 4) is 5.75 Å². The van der Waals surface area contributed by atoms with E-state index in [-0.39, 0.29) is 0 Å². The molecule has 27 heavy (non-hydrogen) atoms. The van der Waals surface area contributed by atoms with Crippen molar-refractivity contribution in [1.29, 1.82) is 0 Å². The summed E-state index contributed by atoms with van der Waals surface area (Å²) in [5, 5.41) is 2.28. The second kappa shape index (κ2) is 7.90. The van der Waals surface area contributed by atoms with Crippen molar-refractivity contribution in [3.05, 3.63) is 72.1 Å². The number of hydrogen-bond donors (Lipinski definition) is 0. The Kier molecular flexibility index (Phi) is 5.58. The number of aromatic nitrogens is 2. The van der Waals surface area contributed by atoms with Crippen LogP contribution in [0.1, 0.15) is 0 Å². The number of pyridine rings is 2. The minimum absolute atomic E-state index is 0.891. The number of ether oxygens (including phenoxy) is 1. The Labute approximate surface area is 159 Å². The van der Waals surface area contributed by atoms with Crippen molar-refractivity contribution in [2.75, 3.05) is 7.11 Å². The summed E-state index contributed by atoms with van der Waals surface area (Å²) in [6.07, 6.45) is 3.60. The van der Waals surface area contributed by atoms with E-state index in [0.717, 1.165) is 28.9 Å². The summed E-state index contributed by atoms with van der Waals surface area (Å²) < 4.78 is 53.7. The SMILES string of the molecule is COc1c(F)c(F)[c]([Cu])c(F)c1F.c1cnc2c(c1)ccc1cccnc12. The molecule has 0 aliphatic heterocycles. The molecule has 0 amide bonds. The van der Waals surface area contributed by atoms with Gasteiger partial charge in [0.1, 0.15) is 0 Å². The minimum atomic E-state index is -1.63. The first-order valence-corrected chi connectivity index (χ1v) is 8.02. The molecule has 0 bridgehead atoms. The molecule has 4 rings (SSSR count). The number of fused-ring (bicyclic) bond motifs is 3. The molecule has 8 heteroatoms. The van der Waals surface area contributed by atoms with E-state index in [0.29, 0.717) is 0 Å². The van der Waals surface area contributed by atoms with Crippen LogP contribution in [0.4, 0.5) is 17.6 Å². The van der Waals surface area contributed by atoms with Crippen LogP contribution in [0.5, 0.6) is 5.75 Å². The van der Waals surface area contributed by atoms with Crippen molar-refractivity contribution in [3.63, 3.8) is 0 Å². The van der Waals surface area contributed by atoms with Crippen molar-refractivity contribution in [2.24, 2.45) is 0 Å². The molecule has 0 unspecified atom stereocenters. The third kappa shape index (κ3) is 3.59. The predicted molar refractivity (Wildman–Crippen MR) is 89.5 cm³/mol. The largest absolute Gasteiger partial charge is 0.254 e. The second-order valence-electron chi connectivity index (χ2n) is 5.28. The van der Waals surface area contributed by atoms with Gasteiger partial charge >= 0.3 is 78.9 Å². The zero-order valence-electron chi connectivity index (χ0n) is 13.7. The molecular formula is C19H11CuF4N2O.